The lowest BCUT2D eigenvalue weighted by Crippen LogP contribution is -2.35. The number of carbonyl (C=O) groups is 2. The van der Waals surface area contributed by atoms with Crippen LogP contribution in [0.5, 0.6) is 0 Å². The van der Waals surface area contributed by atoms with Gasteiger partial charge in [-0.3, -0.25) is 9.59 Å². The first-order valence-corrected chi connectivity index (χ1v) is 7.79. The Hall–Kier alpha value is -1.94. The number of hydrogen-bond acceptors (Lipinski definition) is 2. The molecule has 0 aromatic heterocycles. The van der Waals surface area contributed by atoms with E-state index < -0.39 is 5.41 Å². The van der Waals surface area contributed by atoms with Gasteiger partial charge in [0, 0.05) is 10.0 Å². The molecule has 0 heterocycles. The van der Waals surface area contributed by atoms with Crippen molar-refractivity contribution in [3.05, 3.63) is 64.1 Å². The predicted octanol–water partition coefficient (Wildman–Crippen LogP) is 4.57. The zero-order valence-corrected chi connectivity index (χ0v) is 14.4. The van der Waals surface area contributed by atoms with Crippen molar-refractivity contribution in [2.45, 2.75) is 26.2 Å². The van der Waals surface area contributed by atoms with E-state index in [9.17, 15) is 9.59 Å². The van der Waals surface area contributed by atoms with Gasteiger partial charge in [-0.15, -0.1) is 0 Å². The van der Waals surface area contributed by atoms with Crippen LogP contribution in [0.15, 0.2) is 53.0 Å². The molecule has 0 bridgehead atoms. The lowest BCUT2D eigenvalue weighted by molar-refractivity contribution is -0.120. The van der Waals surface area contributed by atoms with Gasteiger partial charge in [0.25, 0.3) is 0 Å². The summed E-state index contributed by atoms with van der Waals surface area (Å²) in [5.41, 5.74) is 1.27. The summed E-state index contributed by atoms with van der Waals surface area (Å²) in [7, 11) is 0. The molecule has 2 aromatic rings. The van der Waals surface area contributed by atoms with Crippen LogP contribution in [0.2, 0.25) is 0 Å². The SMILES string of the molecule is CC(=O)c1ccccc1NC(=O)C(C)(C)c1ccc(Br)cc1. The predicted molar refractivity (Wildman–Crippen MR) is 92.2 cm³/mol. The summed E-state index contributed by atoms with van der Waals surface area (Å²) in [5, 5.41) is 2.87. The molecular weight excluding hydrogens is 342 g/mol. The summed E-state index contributed by atoms with van der Waals surface area (Å²) in [6.07, 6.45) is 0. The second-order valence-corrected chi connectivity index (χ2v) is 6.60. The second-order valence-electron chi connectivity index (χ2n) is 5.69. The number of halogens is 1. The first-order chi connectivity index (χ1) is 10.3. The molecule has 1 N–H and O–H groups in total. The number of anilines is 1. The highest BCUT2D eigenvalue weighted by molar-refractivity contribution is 9.10. The number of benzene rings is 2. The molecule has 0 fully saturated rings. The minimum Gasteiger partial charge on any atom is -0.325 e. The zero-order chi connectivity index (χ0) is 16.3. The van der Waals surface area contributed by atoms with Gasteiger partial charge in [0.15, 0.2) is 5.78 Å². The third kappa shape index (κ3) is 3.45. The Kier molecular flexibility index (Phi) is 4.81. The van der Waals surface area contributed by atoms with Gasteiger partial charge in [-0.25, -0.2) is 0 Å². The van der Waals surface area contributed by atoms with Crippen molar-refractivity contribution >= 4 is 33.3 Å². The average molecular weight is 360 g/mol. The number of hydrogen-bond donors (Lipinski definition) is 1. The summed E-state index contributed by atoms with van der Waals surface area (Å²) < 4.78 is 0.967. The maximum atomic E-state index is 12.7. The fourth-order valence-corrected chi connectivity index (χ4v) is 2.44. The normalized spacial score (nSPS) is 11.1. The van der Waals surface area contributed by atoms with Crippen LogP contribution in [-0.4, -0.2) is 11.7 Å². The maximum Gasteiger partial charge on any atom is 0.234 e. The molecule has 3 nitrogen and oxygen atoms in total. The fourth-order valence-electron chi connectivity index (χ4n) is 2.18. The van der Waals surface area contributed by atoms with Crippen molar-refractivity contribution in [2.75, 3.05) is 5.32 Å². The summed E-state index contributed by atoms with van der Waals surface area (Å²) in [4.78, 5) is 24.3. The van der Waals surface area contributed by atoms with Gasteiger partial charge < -0.3 is 5.32 Å². The Bertz CT molecular complexity index is 705. The largest absolute Gasteiger partial charge is 0.325 e. The molecule has 114 valence electrons. The quantitative estimate of drug-likeness (QED) is 0.812. The van der Waals surface area contributed by atoms with Gasteiger partial charge in [-0.05, 0) is 50.6 Å². The van der Waals surface area contributed by atoms with Crippen molar-refractivity contribution in [1.29, 1.82) is 0 Å². The Morgan fingerprint density at radius 1 is 1.00 bits per heavy atom. The molecule has 0 saturated heterocycles. The number of nitrogens with one attached hydrogen (secondary N) is 1. The van der Waals surface area contributed by atoms with Crippen LogP contribution < -0.4 is 5.32 Å². The monoisotopic (exact) mass is 359 g/mol. The third-order valence-electron chi connectivity index (χ3n) is 3.69. The first kappa shape index (κ1) is 16.4. The molecule has 0 unspecified atom stereocenters. The fraction of sp³-hybridized carbons (Fsp3) is 0.222. The maximum absolute atomic E-state index is 12.7. The number of carbonyl (C=O) groups excluding carboxylic acids is 2. The molecule has 1 amide bonds. The van der Waals surface area contributed by atoms with Crippen molar-refractivity contribution in [3.63, 3.8) is 0 Å². The minimum absolute atomic E-state index is 0.0719. The number of rotatable bonds is 4. The highest BCUT2D eigenvalue weighted by atomic mass is 79.9. The molecule has 2 aromatic carbocycles. The van der Waals surface area contributed by atoms with E-state index in [0.29, 0.717) is 11.3 Å². The Balaban J connectivity index is 2.28. The van der Waals surface area contributed by atoms with Crippen LogP contribution in [-0.2, 0) is 10.2 Å². The van der Waals surface area contributed by atoms with Crippen LogP contribution in [0.25, 0.3) is 0 Å². The van der Waals surface area contributed by atoms with Crippen molar-refractivity contribution < 1.29 is 9.59 Å². The van der Waals surface area contributed by atoms with Crippen LogP contribution >= 0.6 is 15.9 Å². The van der Waals surface area contributed by atoms with Crippen molar-refractivity contribution in [3.8, 4) is 0 Å². The van der Waals surface area contributed by atoms with E-state index in [1.807, 2.05) is 38.1 Å². The van der Waals surface area contributed by atoms with Gasteiger partial charge in [0.05, 0.1) is 11.1 Å². The van der Waals surface area contributed by atoms with Gasteiger partial charge in [-0.1, -0.05) is 40.2 Å². The number of para-hydroxylation sites is 1. The van der Waals surface area contributed by atoms with Gasteiger partial charge >= 0.3 is 0 Å². The van der Waals surface area contributed by atoms with E-state index in [-0.39, 0.29) is 11.7 Å². The Morgan fingerprint density at radius 3 is 2.18 bits per heavy atom. The zero-order valence-electron chi connectivity index (χ0n) is 12.8. The first-order valence-electron chi connectivity index (χ1n) is 7.00. The molecule has 0 saturated carbocycles. The van der Waals surface area contributed by atoms with E-state index in [2.05, 4.69) is 21.2 Å². The van der Waals surface area contributed by atoms with E-state index in [4.69, 9.17) is 0 Å². The van der Waals surface area contributed by atoms with Crippen molar-refractivity contribution in [2.24, 2.45) is 0 Å². The Labute approximate surface area is 138 Å². The minimum atomic E-state index is -0.704. The van der Waals surface area contributed by atoms with E-state index in [0.717, 1.165) is 10.0 Å². The molecule has 22 heavy (non-hydrogen) atoms. The molecular formula is C18H18BrNO2. The molecule has 0 aliphatic rings. The highest BCUT2D eigenvalue weighted by Crippen LogP contribution is 2.27. The third-order valence-corrected chi connectivity index (χ3v) is 4.22. The van der Waals surface area contributed by atoms with E-state index in [1.54, 1.807) is 24.3 Å². The van der Waals surface area contributed by atoms with Crippen molar-refractivity contribution in [1.82, 2.24) is 0 Å². The lowest BCUT2D eigenvalue weighted by atomic mass is 9.83. The summed E-state index contributed by atoms with van der Waals surface area (Å²) in [6, 6.07) is 14.7. The van der Waals surface area contributed by atoms with Crippen LogP contribution in [0.3, 0.4) is 0 Å². The average Bonchev–Trinajstić information content (AvgIpc) is 2.48. The molecule has 2 rings (SSSR count). The molecule has 0 aliphatic carbocycles. The van der Waals surface area contributed by atoms with E-state index in [1.165, 1.54) is 6.92 Å². The summed E-state index contributed by atoms with van der Waals surface area (Å²) >= 11 is 3.39. The van der Waals surface area contributed by atoms with Crippen LogP contribution in [0, 0.1) is 0 Å². The lowest BCUT2D eigenvalue weighted by Gasteiger charge is -2.25. The highest BCUT2D eigenvalue weighted by Gasteiger charge is 2.30. The molecule has 0 spiro atoms. The molecule has 4 heteroatoms. The topological polar surface area (TPSA) is 46.2 Å². The van der Waals surface area contributed by atoms with Crippen LogP contribution in [0.4, 0.5) is 5.69 Å². The van der Waals surface area contributed by atoms with E-state index >= 15 is 0 Å². The molecule has 0 aliphatic heterocycles. The smallest absolute Gasteiger partial charge is 0.234 e. The summed E-state index contributed by atoms with van der Waals surface area (Å²) in [6.45, 7) is 5.22. The van der Waals surface area contributed by atoms with Gasteiger partial charge in [0.1, 0.15) is 0 Å². The number of Topliss-reactive ketones (excluding diaryl/α,β-unsaturated/α-hetero) is 1. The molecule has 0 atom stereocenters. The standard InChI is InChI=1S/C18H18BrNO2/c1-12(21)15-6-4-5-7-16(15)20-17(22)18(2,3)13-8-10-14(19)11-9-13/h4-11H,1-3H3,(H,20,22). The number of ketones is 1. The summed E-state index contributed by atoms with van der Waals surface area (Å²) in [5.74, 6) is -0.221. The molecule has 0 radical (unpaired) electrons. The van der Waals surface area contributed by atoms with Crippen LogP contribution in [0.1, 0.15) is 36.7 Å². The Morgan fingerprint density at radius 2 is 1.59 bits per heavy atom. The van der Waals surface area contributed by atoms with Gasteiger partial charge in [0.2, 0.25) is 5.91 Å². The van der Waals surface area contributed by atoms with Gasteiger partial charge in [-0.2, -0.15) is 0 Å². The second kappa shape index (κ2) is 6.44. The number of amides is 1.